The Bertz CT molecular complexity index is 978. The third-order valence-electron chi connectivity index (χ3n) is 4.52. The van der Waals surface area contributed by atoms with Crippen LogP contribution < -0.4 is 10.2 Å². The van der Waals surface area contributed by atoms with Crippen molar-refractivity contribution < 1.29 is 15.3 Å². The van der Waals surface area contributed by atoms with E-state index >= 15 is 0 Å². The number of aliphatic hydroxyl groups is 1. The van der Waals surface area contributed by atoms with Crippen molar-refractivity contribution in [2.45, 2.75) is 25.9 Å². The minimum Gasteiger partial charge on any atom is -0.391 e. The molecule has 2 N–H and O–H groups in total. The molecule has 28 heavy (non-hydrogen) atoms. The Morgan fingerprint density at radius 3 is 2.71 bits per heavy atom. The number of nitrogens with one attached hydrogen (secondary N) is 1. The highest BCUT2D eigenvalue weighted by molar-refractivity contribution is 5.55. The van der Waals surface area contributed by atoms with Crippen LogP contribution in [0, 0.1) is 18.6 Å². The van der Waals surface area contributed by atoms with Crippen LogP contribution in [0.2, 0.25) is 0 Å². The second kappa shape index (κ2) is 7.51. The van der Waals surface area contributed by atoms with Crippen molar-refractivity contribution in [1.29, 1.82) is 0 Å². The molecule has 148 valence electrons. The van der Waals surface area contributed by atoms with Crippen LogP contribution in [0.15, 0.2) is 36.7 Å². The summed E-state index contributed by atoms with van der Waals surface area (Å²) in [5.74, 6) is 0.209. The number of pyridine rings is 1. The van der Waals surface area contributed by atoms with Crippen molar-refractivity contribution in [2.24, 2.45) is 0 Å². The second-order valence-electron chi connectivity index (χ2n) is 6.90. The van der Waals surface area contributed by atoms with E-state index in [4.69, 9.17) is 0 Å². The van der Waals surface area contributed by atoms with E-state index in [1.54, 1.807) is 0 Å². The Hall–Kier alpha value is -3.07. The summed E-state index contributed by atoms with van der Waals surface area (Å²) in [6.07, 6.45) is 2.73. The number of aliphatic hydroxyl groups excluding tert-OH is 1. The first-order valence-electron chi connectivity index (χ1n) is 9.03. The van der Waals surface area contributed by atoms with Gasteiger partial charge in [0, 0.05) is 20.6 Å². The van der Waals surface area contributed by atoms with Gasteiger partial charge in [-0.2, -0.15) is 4.98 Å². The molecule has 9 heteroatoms. The number of nitrogens with zero attached hydrogens (tertiary/aromatic N) is 5. The number of benzene rings is 1. The van der Waals surface area contributed by atoms with Crippen molar-refractivity contribution in [1.82, 2.24) is 19.7 Å². The molecule has 0 aliphatic carbocycles. The minimum absolute atomic E-state index is 0. The van der Waals surface area contributed by atoms with Crippen LogP contribution in [0.1, 0.15) is 19.8 Å². The Morgan fingerprint density at radius 1 is 1.18 bits per heavy atom. The molecule has 2 aromatic heterocycles. The Labute approximate surface area is 162 Å². The van der Waals surface area contributed by atoms with E-state index in [2.05, 4.69) is 20.4 Å². The summed E-state index contributed by atoms with van der Waals surface area (Å²) in [6.45, 7) is 3.34. The Morgan fingerprint density at radius 2 is 1.96 bits per heavy atom. The molecule has 1 aromatic carbocycles. The van der Waals surface area contributed by atoms with Gasteiger partial charge in [-0.1, -0.05) is 0 Å². The van der Waals surface area contributed by atoms with E-state index in [-0.39, 0.29) is 19.2 Å². The van der Waals surface area contributed by atoms with Gasteiger partial charge in [0.15, 0.2) is 0 Å². The lowest BCUT2D eigenvalue weighted by Crippen LogP contribution is -2.38. The third-order valence-corrected chi connectivity index (χ3v) is 4.52. The number of aryl methyl sites for hydroxylation is 1. The van der Waals surface area contributed by atoms with Crippen LogP contribution in [-0.2, 0) is 0 Å². The van der Waals surface area contributed by atoms with Gasteiger partial charge < -0.3 is 15.3 Å². The molecule has 3 heterocycles. The molecule has 1 unspecified atom stereocenters. The quantitative estimate of drug-likeness (QED) is 0.715. The average molecular weight is 388 g/mol. The standard InChI is InChI=1S/C19H20F2N6O.H2/c1-12-5-17(23-18(6-12)26-4-2-3-16(28)10-26)24-19-22-11-27(25-19)15-8-13(20)7-14(21)9-15;/h5-9,11,16,28H,2-4,10H2,1H3,(H,23,24,25);1H. The van der Waals surface area contributed by atoms with E-state index in [0.717, 1.165) is 36.8 Å². The number of piperidine rings is 1. The molecule has 1 aliphatic heterocycles. The maximum Gasteiger partial charge on any atom is 0.248 e. The first kappa shape index (κ1) is 18.3. The maximum absolute atomic E-state index is 13.4. The van der Waals surface area contributed by atoms with Crippen LogP contribution in [0.25, 0.3) is 5.69 Å². The summed E-state index contributed by atoms with van der Waals surface area (Å²) in [4.78, 5) is 10.8. The molecular weight excluding hydrogens is 366 g/mol. The number of hydrogen-bond acceptors (Lipinski definition) is 6. The predicted octanol–water partition coefficient (Wildman–Crippen LogP) is 3.20. The SMILES string of the molecule is Cc1cc(Nc2ncn(-c3cc(F)cc(F)c3)n2)nc(N2CCCC(O)C2)c1.[HH]. The lowest BCUT2D eigenvalue weighted by atomic mass is 10.1. The summed E-state index contributed by atoms with van der Waals surface area (Å²) in [6, 6.07) is 6.96. The largest absolute Gasteiger partial charge is 0.391 e. The zero-order valence-electron chi connectivity index (χ0n) is 15.3. The molecule has 1 fully saturated rings. The normalized spacial score (nSPS) is 17.0. The highest BCUT2D eigenvalue weighted by Gasteiger charge is 2.19. The molecular formula is C19H22F2N6O. The van der Waals surface area contributed by atoms with E-state index in [1.807, 2.05) is 24.0 Å². The topological polar surface area (TPSA) is 79.1 Å². The molecule has 7 nitrogen and oxygen atoms in total. The molecule has 0 spiro atoms. The van der Waals surface area contributed by atoms with Gasteiger partial charge in [0.05, 0.1) is 11.8 Å². The van der Waals surface area contributed by atoms with Gasteiger partial charge in [0.1, 0.15) is 29.6 Å². The first-order valence-corrected chi connectivity index (χ1v) is 9.03. The summed E-state index contributed by atoms with van der Waals surface area (Å²) in [7, 11) is 0. The molecule has 0 radical (unpaired) electrons. The Balaban J connectivity index is 0.00000240. The summed E-state index contributed by atoms with van der Waals surface area (Å²) >= 11 is 0. The number of anilines is 3. The molecule has 0 amide bonds. The van der Waals surface area contributed by atoms with Crippen molar-refractivity contribution in [3.63, 3.8) is 0 Å². The predicted molar refractivity (Wildman–Crippen MR) is 103 cm³/mol. The summed E-state index contributed by atoms with van der Waals surface area (Å²) in [5.41, 5.74) is 1.23. The fourth-order valence-corrected chi connectivity index (χ4v) is 3.27. The maximum atomic E-state index is 13.4. The number of rotatable bonds is 4. The molecule has 4 rings (SSSR count). The molecule has 3 aromatic rings. The van der Waals surface area contributed by atoms with Crippen LogP contribution in [0.4, 0.5) is 26.4 Å². The van der Waals surface area contributed by atoms with E-state index < -0.39 is 11.6 Å². The van der Waals surface area contributed by atoms with Crippen molar-refractivity contribution >= 4 is 17.6 Å². The van der Waals surface area contributed by atoms with Crippen molar-refractivity contribution in [3.05, 3.63) is 53.9 Å². The van der Waals surface area contributed by atoms with Crippen LogP contribution in [0.3, 0.4) is 0 Å². The fourth-order valence-electron chi connectivity index (χ4n) is 3.27. The molecule has 0 saturated carbocycles. The molecule has 1 saturated heterocycles. The highest BCUT2D eigenvalue weighted by atomic mass is 19.1. The fraction of sp³-hybridized carbons (Fsp3) is 0.316. The van der Waals surface area contributed by atoms with Gasteiger partial charge in [0.25, 0.3) is 0 Å². The van der Waals surface area contributed by atoms with E-state index in [0.29, 0.717) is 12.4 Å². The zero-order chi connectivity index (χ0) is 19.7. The second-order valence-corrected chi connectivity index (χ2v) is 6.90. The lowest BCUT2D eigenvalue weighted by molar-refractivity contribution is 0.154. The third kappa shape index (κ3) is 4.09. The summed E-state index contributed by atoms with van der Waals surface area (Å²) in [5, 5.41) is 17.1. The van der Waals surface area contributed by atoms with E-state index in [9.17, 15) is 13.9 Å². The lowest BCUT2D eigenvalue weighted by Gasteiger charge is -2.31. The van der Waals surface area contributed by atoms with Crippen LogP contribution in [-0.4, -0.2) is 44.0 Å². The number of halogens is 2. The minimum atomic E-state index is -0.686. The summed E-state index contributed by atoms with van der Waals surface area (Å²) < 4.78 is 28.1. The monoisotopic (exact) mass is 388 g/mol. The Kier molecular flexibility index (Phi) is 4.91. The highest BCUT2D eigenvalue weighted by Crippen LogP contribution is 2.23. The van der Waals surface area contributed by atoms with Gasteiger partial charge in [0.2, 0.25) is 5.95 Å². The molecule has 1 aliphatic rings. The van der Waals surface area contributed by atoms with Gasteiger partial charge >= 0.3 is 0 Å². The first-order chi connectivity index (χ1) is 13.5. The van der Waals surface area contributed by atoms with Gasteiger partial charge in [-0.25, -0.2) is 18.4 Å². The van der Waals surface area contributed by atoms with Gasteiger partial charge in [-0.05, 0) is 49.6 Å². The average Bonchev–Trinajstić information content (AvgIpc) is 3.09. The molecule has 0 bridgehead atoms. The number of hydrogen-bond donors (Lipinski definition) is 2. The van der Waals surface area contributed by atoms with E-state index in [1.165, 1.54) is 23.1 Å². The van der Waals surface area contributed by atoms with Crippen molar-refractivity contribution in [3.8, 4) is 5.69 Å². The van der Waals surface area contributed by atoms with Crippen LogP contribution >= 0.6 is 0 Å². The number of aromatic nitrogens is 4. The van der Waals surface area contributed by atoms with Crippen LogP contribution in [0.5, 0.6) is 0 Å². The number of β-amino-alcohol motifs (C(OH)–C–C–N with tert-alkyl or cyclic N) is 1. The zero-order valence-corrected chi connectivity index (χ0v) is 15.3. The van der Waals surface area contributed by atoms with Crippen molar-refractivity contribution in [2.75, 3.05) is 23.3 Å². The molecule has 1 atom stereocenters. The van der Waals surface area contributed by atoms with Gasteiger partial charge in [-0.3, -0.25) is 0 Å². The smallest absolute Gasteiger partial charge is 0.248 e. The van der Waals surface area contributed by atoms with Gasteiger partial charge in [-0.15, -0.1) is 5.10 Å².